The molecule has 102 valence electrons. The summed E-state index contributed by atoms with van der Waals surface area (Å²) in [5.41, 5.74) is 1.32. The number of benzene rings is 1. The van der Waals surface area contributed by atoms with Crippen LogP contribution >= 0.6 is 0 Å². The molecule has 0 aliphatic heterocycles. The molecule has 0 aromatic heterocycles. The van der Waals surface area contributed by atoms with Gasteiger partial charge in [0.2, 0.25) is 5.91 Å². The number of ether oxygens (including phenoxy) is 1. The SMILES string of the molecule is C=C(C)C(=O)N[C@@H](Cc1ccccc1)C(=O)OCC. The highest BCUT2D eigenvalue weighted by Crippen LogP contribution is 2.05. The molecule has 1 rings (SSSR count). The van der Waals surface area contributed by atoms with Crippen LogP contribution in [-0.2, 0) is 20.7 Å². The van der Waals surface area contributed by atoms with Gasteiger partial charge in [-0.2, -0.15) is 0 Å². The minimum absolute atomic E-state index is 0.285. The second-order valence-corrected chi connectivity index (χ2v) is 4.25. The molecule has 0 bridgehead atoms. The number of esters is 1. The van der Waals surface area contributed by atoms with Crippen LogP contribution in [0.25, 0.3) is 0 Å². The first-order valence-electron chi connectivity index (χ1n) is 6.21. The second-order valence-electron chi connectivity index (χ2n) is 4.25. The molecular formula is C15H19NO3. The Hall–Kier alpha value is -2.10. The molecule has 0 spiro atoms. The summed E-state index contributed by atoms with van der Waals surface area (Å²) in [6.45, 7) is 7.17. The molecule has 0 saturated carbocycles. The molecule has 4 nitrogen and oxygen atoms in total. The Morgan fingerprint density at radius 2 is 1.95 bits per heavy atom. The number of carbonyl (C=O) groups excluding carboxylic acids is 2. The Morgan fingerprint density at radius 1 is 1.32 bits per heavy atom. The largest absolute Gasteiger partial charge is 0.464 e. The Bertz CT molecular complexity index is 454. The molecule has 0 fully saturated rings. The molecule has 1 N–H and O–H groups in total. The molecule has 0 radical (unpaired) electrons. The number of carbonyl (C=O) groups is 2. The first kappa shape index (κ1) is 15.0. The summed E-state index contributed by atoms with van der Waals surface area (Å²) in [6, 6.07) is 8.79. The fourth-order valence-electron chi connectivity index (χ4n) is 1.57. The van der Waals surface area contributed by atoms with E-state index in [2.05, 4.69) is 11.9 Å². The van der Waals surface area contributed by atoms with Crippen molar-refractivity contribution in [3.63, 3.8) is 0 Å². The average Bonchev–Trinajstić information content (AvgIpc) is 2.39. The fourth-order valence-corrected chi connectivity index (χ4v) is 1.57. The van der Waals surface area contributed by atoms with Crippen molar-refractivity contribution >= 4 is 11.9 Å². The predicted molar refractivity (Wildman–Crippen MR) is 73.5 cm³/mol. The van der Waals surface area contributed by atoms with Crippen LogP contribution in [0.5, 0.6) is 0 Å². The molecule has 4 heteroatoms. The number of hydrogen-bond acceptors (Lipinski definition) is 3. The first-order valence-corrected chi connectivity index (χ1v) is 6.21. The predicted octanol–water partition coefficient (Wildman–Crippen LogP) is 1.85. The third kappa shape index (κ3) is 4.95. The minimum atomic E-state index is -0.688. The molecule has 0 aliphatic rings. The standard InChI is InChI=1S/C15H19NO3/c1-4-19-15(18)13(16-14(17)11(2)3)10-12-8-6-5-7-9-12/h5-9,13H,2,4,10H2,1,3H3,(H,16,17)/t13-/m0/s1. The molecule has 19 heavy (non-hydrogen) atoms. The van der Waals surface area contributed by atoms with Crippen LogP contribution in [0, 0.1) is 0 Å². The van der Waals surface area contributed by atoms with Crippen molar-refractivity contribution in [3.05, 3.63) is 48.0 Å². The van der Waals surface area contributed by atoms with Crippen LogP contribution in [0.3, 0.4) is 0 Å². The van der Waals surface area contributed by atoms with Crippen molar-refractivity contribution in [2.75, 3.05) is 6.61 Å². The monoisotopic (exact) mass is 261 g/mol. The molecule has 1 aromatic rings. The van der Waals surface area contributed by atoms with E-state index in [1.54, 1.807) is 13.8 Å². The lowest BCUT2D eigenvalue weighted by molar-refractivity contribution is -0.147. The molecule has 0 unspecified atom stereocenters. The molecule has 0 heterocycles. The third-order valence-electron chi connectivity index (χ3n) is 2.55. The summed E-state index contributed by atoms with van der Waals surface area (Å²) in [5, 5.41) is 2.64. The highest BCUT2D eigenvalue weighted by atomic mass is 16.5. The van der Waals surface area contributed by atoms with E-state index in [0.29, 0.717) is 12.0 Å². The number of nitrogens with one attached hydrogen (secondary N) is 1. The highest BCUT2D eigenvalue weighted by molar-refractivity contribution is 5.95. The van der Waals surface area contributed by atoms with Gasteiger partial charge in [-0.05, 0) is 19.4 Å². The molecule has 1 amide bonds. The van der Waals surface area contributed by atoms with E-state index in [-0.39, 0.29) is 12.5 Å². The Kier molecular flexibility index (Phi) is 5.79. The Labute approximate surface area is 113 Å². The smallest absolute Gasteiger partial charge is 0.328 e. The minimum Gasteiger partial charge on any atom is -0.464 e. The van der Waals surface area contributed by atoms with Crippen molar-refractivity contribution < 1.29 is 14.3 Å². The maximum Gasteiger partial charge on any atom is 0.328 e. The molecule has 0 aliphatic carbocycles. The van der Waals surface area contributed by atoms with Gasteiger partial charge < -0.3 is 10.1 Å². The summed E-state index contributed by atoms with van der Waals surface area (Å²) in [4.78, 5) is 23.5. The maximum atomic E-state index is 11.8. The summed E-state index contributed by atoms with van der Waals surface area (Å²) < 4.78 is 4.97. The van der Waals surface area contributed by atoms with Crippen molar-refractivity contribution in [2.24, 2.45) is 0 Å². The number of amides is 1. The summed E-state index contributed by atoms with van der Waals surface area (Å²) in [6.07, 6.45) is 0.401. The van der Waals surface area contributed by atoms with Gasteiger partial charge in [-0.1, -0.05) is 36.9 Å². The first-order chi connectivity index (χ1) is 9.04. The van der Waals surface area contributed by atoms with Crippen LogP contribution < -0.4 is 5.32 Å². The maximum absolute atomic E-state index is 11.8. The Balaban J connectivity index is 2.77. The average molecular weight is 261 g/mol. The number of hydrogen-bond donors (Lipinski definition) is 1. The van der Waals surface area contributed by atoms with Crippen molar-refractivity contribution in [1.82, 2.24) is 5.32 Å². The summed E-state index contributed by atoms with van der Waals surface area (Å²) in [5.74, 6) is -0.769. The lowest BCUT2D eigenvalue weighted by atomic mass is 10.1. The lowest BCUT2D eigenvalue weighted by Gasteiger charge is -2.17. The van der Waals surface area contributed by atoms with Gasteiger partial charge in [0.05, 0.1) is 6.61 Å². The topological polar surface area (TPSA) is 55.4 Å². The quantitative estimate of drug-likeness (QED) is 0.628. The van der Waals surface area contributed by atoms with Crippen LogP contribution in [0.4, 0.5) is 0 Å². The zero-order valence-electron chi connectivity index (χ0n) is 11.3. The zero-order chi connectivity index (χ0) is 14.3. The third-order valence-corrected chi connectivity index (χ3v) is 2.55. The van der Waals surface area contributed by atoms with Crippen molar-refractivity contribution in [1.29, 1.82) is 0 Å². The lowest BCUT2D eigenvalue weighted by Crippen LogP contribution is -2.43. The highest BCUT2D eigenvalue weighted by Gasteiger charge is 2.22. The summed E-state index contributed by atoms with van der Waals surface area (Å²) in [7, 11) is 0. The van der Waals surface area contributed by atoms with Crippen molar-refractivity contribution in [3.8, 4) is 0 Å². The van der Waals surface area contributed by atoms with Gasteiger partial charge in [-0.15, -0.1) is 0 Å². The fraction of sp³-hybridized carbons (Fsp3) is 0.333. The summed E-state index contributed by atoms with van der Waals surface area (Å²) >= 11 is 0. The molecule has 1 aromatic carbocycles. The normalized spacial score (nSPS) is 11.5. The van der Waals surface area contributed by atoms with E-state index in [9.17, 15) is 9.59 Å². The van der Waals surface area contributed by atoms with Gasteiger partial charge in [0, 0.05) is 12.0 Å². The van der Waals surface area contributed by atoms with Crippen molar-refractivity contribution in [2.45, 2.75) is 26.3 Å². The van der Waals surface area contributed by atoms with Crippen LogP contribution in [0.2, 0.25) is 0 Å². The van der Waals surface area contributed by atoms with Gasteiger partial charge in [-0.3, -0.25) is 4.79 Å². The van der Waals surface area contributed by atoms with E-state index in [1.807, 2.05) is 30.3 Å². The van der Waals surface area contributed by atoms with Crippen LogP contribution in [-0.4, -0.2) is 24.5 Å². The van der Waals surface area contributed by atoms with Gasteiger partial charge in [0.15, 0.2) is 0 Å². The van der Waals surface area contributed by atoms with Crippen LogP contribution in [0.1, 0.15) is 19.4 Å². The van der Waals surface area contributed by atoms with E-state index < -0.39 is 12.0 Å². The second kappa shape index (κ2) is 7.36. The number of rotatable bonds is 6. The van der Waals surface area contributed by atoms with Gasteiger partial charge in [0.1, 0.15) is 6.04 Å². The van der Waals surface area contributed by atoms with E-state index in [1.165, 1.54) is 0 Å². The molecular weight excluding hydrogens is 242 g/mol. The Morgan fingerprint density at radius 3 is 2.47 bits per heavy atom. The molecule has 1 atom stereocenters. The van der Waals surface area contributed by atoms with Gasteiger partial charge in [-0.25, -0.2) is 4.79 Å². The van der Waals surface area contributed by atoms with E-state index in [4.69, 9.17) is 4.74 Å². The van der Waals surface area contributed by atoms with E-state index in [0.717, 1.165) is 5.56 Å². The van der Waals surface area contributed by atoms with Crippen LogP contribution in [0.15, 0.2) is 42.5 Å². The molecule has 0 saturated heterocycles. The van der Waals surface area contributed by atoms with Gasteiger partial charge in [0.25, 0.3) is 0 Å². The van der Waals surface area contributed by atoms with Gasteiger partial charge >= 0.3 is 5.97 Å². The zero-order valence-corrected chi connectivity index (χ0v) is 11.3. The van der Waals surface area contributed by atoms with E-state index >= 15 is 0 Å².